The van der Waals surface area contributed by atoms with Gasteiger partial charge in [-0.25, -0.2) is 0 Å². The van der Waals surface area contributed by atoms with E-state index < -0.39 is 0 Å². The molecule has 1 aromatic heterocycles. The Morgan fingerprint density at radius 1 is 1.19 bits per heavy atom. The van der Waals surface area contributed by atoms with Gasteiger partial charge in [0.05, 0.1) is 11.7 Å². The molecule has 0 spiro atoms. The summed E-state index contributed by atoms with van der Waals surface area (Å²) in [6, 6.07) is 2.73. The molecule has 1 saturated carbocycles. The van der Waals surface area contributed by atoms with Gasteiger partial charge in [0.1, 0.15) is 0 Å². The van der Waals surface area contributed by atoms with Gasteiger partial charge in [-0.3, -0.25) is 4.98 Å². The zero-order valence-corrected chi connectivity index (χ0v) is 14.3. The molecule has 0 bridgehead atoms. The first-order chi connectivity index (χ1) is 10.2. The Kier molecular flexibility index (Phi) is 6.22. The minimum absolute atomic E-state index is 0.448. The van der Waals surface area contributed by atoms with Crippen LogP contribution in [0.2, 0.25) is 0 Å². The van der Waals surface area contributed by atoms with Crippen molar-refractivity contribution in [2.24, 2.45) is 11.8 Å². The maximum absolute atomic E-state index is 4.78. The fourth-order valence-electron chi connectivity index (χ4n) is 3.77. The maximum atomic E-state index is 4.78. The van der Waals surface area contributed by atoms with Crippen molar-refractivity contribution in [1.29, 1.82) is 0 Å². The molecule has 0 saturated heterocycles. The smallest absolute Gasteiger partial charge is 0.0605 e. The number of pyridine rings is 1. The molecule has 1 aromatic rings. The molecule has 1 atom stereocenters. The van der Waals surface area contributed by atoms with Crippen molar-refractivity contribution in [2.75, 3.05) is 6.54 Å². The summed E-state index contributed by atoms with van der Waals surface area (Å²) in [6.07, 6.45) is 10.1. The highest BCUT2D eigenvalue weighted by Crippen LogP contribution is 2.38. The molecule has 0 amide bonds. The molecule has 1 aliphatic rings. The zero-order valence-electron chi connectivity index (χ0n) is 14.3. The van der Waals surface area contributed by atoms with Crippen LogP contribution in [0.3, 0.4) is 0 Å². The lowest BCUT2D eigenvalue weighted by molar-refractivity contribution is 0.216. The minimum Gasteiger partial charge on any atom is -0.308 e. The Labute approximate surface area is 130 Å². The van der Waals surface area contributed by atoms with Crippen LogP contribution in [0.25, 0.3) is 0 Å². The summed E-state index contributed by atoms with van der Waals surface area (Å²) in [5, 5.41) is 3.79. The highest BCUT2D eigenvalue weighted by molar-refractivity contribution is 5.26. The van der Waals surface area contributed by atoms with Gasteiger partial charge in [-0.1, -0.05) is 39.2 Å². The third-order valence-corrected chi connectivity index (χ3v) is 5.10. The molecule has 1 unspecified atom stereocenters. The van der Waals surface area contributed by atoms with Gasteiger partial charge in [-0.15, -0.1) is 0 Å². The lowest BCUT2D eigenvalue weighted by atomic mass is 9.76. The van der Waals surface area contributed by atoms with Crippen molar-refractivity contribution in [3.8, 4) is 0 Å². The number of hydrogen-bond acceptors (Lipinski definition) is 2. The van der Waals surface area contributed by atoms with Crippen LogP contribution in [0, 0.1) is 25.7 Å². The Hall–Kier alpha value is -0.890. The molecule has 1 fully saturated rings. The third-order valence-electron chi connectivity index (χ3n) is 5.10. The summed E-state index contributed by atoms with van der Waals surface area (Å²) in [5.74, 6) is 1.72. The summed E-state index contributed by atoms with van der Waals surface area (Å²) < 4.78 is 0. The number of rotatable bonds is 6. The van der Waals surface area contributed by atoms with E-state index >= 15 is 0 Å². The summed E-state index contributed by atoms with van der Waals surface area (Å²) in [5.41, 5.74) is 3.90. The largest absolute Gasteiger partial charge is 0.308 e. The van der Waals surface area contributed by atoms with Crippen LogP contribution >= 0.6 is 0 Å². The molecule has 21 heavy (non-hydrogen) atoms. The van der Waals surface area contributed by atoms with Gasteiger partial charge in [0.2, 0.25) is 0 Å². The lowest BCUT2D eigenvalue weighted by Crippen LogP contribution is -2.32. The first-order valence-corrected chi connectivity index (χ1v) is 8.82. The second-order valence-corrected chi connectivity index (χ2v) is 6.84. The Morgan fingerprint density at radius 2 is 1.90 bits per heavy atom. The highest BCUT2D eigenvalue weighted by atomic mass is 14.9. The van der Waals surface area contributed by atoms with Crippen molar-refractivity contribution in [2.45, 2.75) is 72.3 Å². The van der Waals surface area contributed by atoms with E-state index in [9.17, 15) is 0 Å². The third kappa shape index (κ3) is 4.29. The number of aromatic nitrogens is 1. The van der Waals surface area contributed by atoms with E-state index in [4.69, 9.17) is 4.98 Å². The van der Waals surface area contributed by atoms with Gasteiger partial charge in [0.25, 0.3) is 0 Å². The van der Waals surface area contributed by atoms with Crippen LogP contribution in [0.4, 0.5) is 0 Å². The Bertz CT molecular complexity index is 433. The Balaban J connectivity index is 2.14. The molecule has 2 nitrogen and oxygen atoms in total. The van der Waals surface area contributed by atoms with Gasteiger partial charge in [0.15, 0.2) is 0 Å². The molecular formula is C19H32N2. The fraction of sp³-hybridized carbons (Fsp3) is 0.737. The standard InChI is InChI=1S/C19H32N2/c1-5-11-20-19(17-9-7-16(6-2)8-10-17)18-15(4)12-14(3)13-21-18/h12-13,16-17,19-20H,5-11H2,1-4H3. The lowest BCUT2D eigenvalue weighted by Gasteiger charge is -2.34. The summed E-state index contributed by atoms with van der Waals surface area (Å²) in [7, 11) is 0. The fourth-order valence-corrected chi connectivity index (χ4v) is 3.77. The normalized spacial score (nSPS) is 24.0. The quantitative estimate of drug-likeness (QED) is 0.800. The van der Waals surface area contributed by atoms with Gasteiger partial charge >= 0.3 is 0 Å². The minimum atomic E-state index is 0.448. The monoisotopic (exact) mass is 288 g/mol. The number of aryl methyl sites for hydroxylation is 2. The van der Waals surface area contributed by atoms with Crippen LogP contribution in [-0.2, 0) is 0 Å². The van der Waals surface area contributed by atoms with Crippen LogP contribution in [-0.4, -0.2) is 11.5 Å². The molecule has 118 valence electrons. The van der Waals surface area contributed by atoms with E-state index in [1.165, 1.54) is 55.3 Å². The average molecular weight is 288 g/mol. The van der Waals surface area contributed by atoms with E-state index in [1.54, 1.807) is 0 Å². The van der Waals surface area contributed by atoms with Crippen LogP contribution in [0.1, 0.15) is 75.2 Å². The van der Waals surface area contributed by atoms with Gasteiger partial charge in [-0.2, -0.15) is 0 Å². The first kappa shape index (κ1) is 16.5. The molecule has 0 radical (unpaired) electrons. The Morgan fingerprint density at radius 3 is 2.48 bits per heavy atom. The van der Waals surface area contributed by atoms with Crippen LogP contribution in [0.15, 0.2) is 12.3 Å². The van der Waals surface area contributed by atoms with E-state index in [1.807, 2.05) is 6.20 Å². The zero-order chi connectivity index (χ0) is 15.2. The predicted molar refractivity (Wildman–Crippen MR) is 90.5 cm³/mol. The molecule has 1 heterocycles. The summed E-state index contributed by atoms with van der Waals surface area (Å²) in [6.45, 7) is 10.0. The van der Waals surface area contributed by atoms with Crippen LogP contribution in [0.5, 0.6) is 0 Å². The topological polar surface area (TPSA) is 24.9 Å². The molecule has 0 aromatic carbocycles. The van der Waals surface area contributed by atoms with Crippen molar-refractivity contribution >= 4 is 0 Å². The molecule has 1 aliphatic carbocycles. The van der Waals surface area contributed by atoms with Crippen molar-refractivity contribution in [3.63, 3.8) is 0 Å². The first-order valence-electron chi connectivity index (χ1n) is 8.82. The van der Waals surface area contributed by atoms with Gasteiger partial charge < -0.3 is 5.32 Å². The van der Waals surface area contributed by atoms with E-state index in [2.05, 4.69) is 39.1 Å². The van der Waals surface area contributed by atoms with Crippen LogP contribution < -0.4 is 5.32 Å². The highest BCUT2D eigenvalue weighted by Gasteiger charge is 2.29. The number of nitrogens with zero attached hydrogens (tertiary/aromatic N) is 1. The van der Waals surface area contributed by atoms with Crippen molar-refractivity contribution < 1.29 is 0 Å². The summed E-state index contributed by atoms with van der Waals surface area (Å²) in [4.78, 5) is 4.78. The van der Waals surface area contributed by atoms with E-state index in [-0.39, 0.29) is 0 Å². The van der Waals surface area contributed by atoms with E-state index in [0.717, 1.165) is 18.4 Å². The van der Waals surface area contributed by atoms with E-state index in [0.29, 0.717) is 6.04 Å². The molecule has 1 N–H and O–H groups in total. The van der Waals surface area contributed by atoms with Gasteiger partial charge in [-0.05, 0) is 62.6 Å². The predicted octanol–water partition coefficient (Wildman–Crippen LogP) is 4.96. The SMILES string of the molecule is CCCNC(c1ncc(C)cc1C)C1CCC(CC)CC1. The van der Waals surface area contributed by atoms with Crippen molar-refractivity contribution in [3.05, 3.63) is 29.1 Å². The molecule has 2 heteroatoms. The van der Waals surface area contributed by atoms with Crippen molar-refractivity contribution in [1.82, 2.24) is 10.3 Å². The molecule has 2 rings (SSSR count). The maximum Gasteiger partial charge on any atom is 0.0605 e. The van der Waals surface area contributed by atoms with Gasteiger partial charge in [0, 0.05) is 6.20 Å². The molecular weight excluding hydrogens is 256 g/mol. The second kappa shape index (κ2) is 7.93. The summed E-state index contributed by atoms with van der Waals surface area (Å²) >= 11 is 0. The number of nitrogens with one attached hydrogen (secondary N) is 1. The molecule has 0 aliphatic heterocycles. The number of hydrogen-bond donors (Lipinski definition) is 1. The second-order valence-electron chi connectivity index (χ2n) is 6.84. The average Bonchev–Trinajstić information content (AvgIpc) is 2.50.